The van der Waals surface area contributed by atoms with Crippen LogP contribution in [0.15, 0.2) is 24.3 Å². The third kappa shape index (κ3) is 3.23. The van der Waals surface area contributed by atoms with Crippen molar-refractivity contribution in [3.63, 3.8) is 0 Å². The van der Waals surface area contributed by atoms with Crippen LogP contribution in [0.5, 0.6) is 0 Å². The Hall–Kier alpha value is -1.56. The van der Waals surface area contributed by atoms with E-state index in [0.29, 0.717) is 11.4 Å². The van der Waals surface area contributed by atoms with E-state index in [0.717, 1.165) is 6.26 Å². The molecule has 0 spiro atoms. The van der Waals surface area contributed by atoms with E-state index in [4.69, 9.17) is 5.73 Å². The summed E-state index contributed by atoms with van der Waals surface area (Å²) in [5.74, 6) is -0.562. The van der Waals surface area contributed by atoms with Crippen molar-refractivity contribution in [3.05, 3.63) is 24.3 Å². The molecule has 3 N–H and O–H groups in total. The van der Waals surface area contributed by atoms with Crippen molar-refractivity contribution >= 4 is 27.1 Å². The number of sulfone groups is 1. The van der Waals surface area contributed by atoms with Crippen molar-refractivity contribution in [2.75, 3.05) is 17.3 Å². The summed E-state index contributed by atoms with van der Waals surface area (Å²) in [6, 6.07) is 6.56. The molecule has 1 aromatic rings. The van der Waals surface area contributed by atoms with Gasteiger partial charge in [0.15, 0.2) is 9.84 Å². The van der Waals surface area contributed by atoms with Crippen molar-refractivity contribution in [3.8, 4) is 0 Å². The summed E-state index contributed by atoms with van der Waals surface area (Å²) in [6.07, 6.45) is 1.02. The highest BCUT2D eigenvalue weighted by atomic mass is 32.2. The van der Waals surface area contributed by atoms with Crippen LogP contribution in [0, 0.1) is 0 Å². The number of nitrogens with one attached hydrogen (secondary N) is 1. The van der Waals surface area contributed by atoms with E-state index in [2.05, 4.69) is 5.32 Å². The number of rotatable bonds is 3. The molecule has 0 radical (unpaired) electrons. The monoisotopic (exact) mass is 242 g/mol. The van der Waals surface area contributed by atoms with Gasteiger partial charge in [-0.3, -0.25) is 4.79 Å². The quantitative estimate of drug-likeness (QED) is 0.761. The van der Waals surface area contributed by atoms with Gasteiger partial charge in [0.25, 0.3) is 0 Å². The van der Waals surface area contributed by atoms with Gasteiger partial charge in [-0.15, -0.1) is 0 Å². The number of nitrogen functional groups attached to an aromatic ring is 1. The van der Waals surface area contributed by atoms with Gasteiger partial charge in [0.2, 0.25) is 5.91 Å². The van der Waals surface area contributed by atoms with Gasteiger partial charge in [0.1, 0.15) is 5.25 Å². The number of hydrogen-bond acceptors (Lipinski definition) is 4. The molecule has 5 nitrogen and oxygen atoms in total. The minimum Gasteiger partial charge on any atom is -0.399 e. The zero-order chi connectivity index (χ0) is 12.3. The Morgan fingerprint density at radius 3 is 2.56 bits per heavy atom. The maximum atomic E-state index is 11.5. The van der Waals surface area contributed by atoms with Crippen LogP contribution < -0.4 is 11.1 Å². The Balaban J connectivity index is 2.80. The standard InChI is InChI=1S/C10H14N2O3S/c1-7(16(2,14)15)10(13)12-9-5-3-4-8(11)6-9/h3-7H,11H2,1-2H3,(H,12,13). The number of nitrogens with two attached hydrogens (primary N) is 1. The SMILES string of the molecule is CC(C(=O)Nc1cccc(N)c1)S(C)(=O)=O. The molecule has 6 heteroatoms. The maximum Gasteiger partial charge on any atom is 0.242 e. The number of carbonyl (C=O) groups excluding carboxylic acids is 1. The third-order valence-corrected chi connectivity index (χ3v) is 3.66. The molecule has 0 heterocycles. The molecule has 1 unspecified atom stereocenters. The number of carbonyl (C=O) groups is 1. The Bertz CT molecular complexity index is 497. The minimum atomic E-state index is -3.38. The summed E-state index contributed by atoms with van der Waals surface area (Å²) in [6.45, 7) is 1.34. The molecule has 0 bridgehead atoms. The molecule has 1 aromatic carbocycles. The van der Waals surface area contributed by atoms with Crippen LogP contribution in [0.3, 0.4) is 0 Å². The van der Waals surface area contributed by atoms with E-state index in [1.165, 1.54) is 6.92 Å². The lowest BCUT2D eigenvalue weighted by molar-refractivity contribution is -0.115. The number of amides is 1. The topological polar surface area (TPSA) is 89.3 Å². The van der Waals surface area contributed by atoms with Crippen molar-refractivity contribution in [1.82, 2.24) is 0 Å². The normalized spacial score (nSPS) is 13.1. The summed E-state index contributed by atoms with van der Waals surface area (Å²) in [5.41, 5.74) is 6.52. The number of anilines is 2. The molecule has 0 saturated carbocycles. The van der Waals surface area contributed by atoms with Gasteiger partial charge in [0, 0.05) is 17.6 Å². The summed E-state index contributed by atoms with van der Waals surface area (Å²) in [5, 5.41) is 1.42. The second-order valence-corrected chi connectivity index (χ2v) is 5.95. The smallest absolute Gasteiger partial charge is 0.242 e. The highest BCUT2D eigenvalue weighted by Gasteiger charge is 2.23. The van der Waals surface area contributed by atoms with Crippen LogP contribution in [-0.4, -0.2) is 25.8 Å². The first kappa shape index (κ1) is 12.5. The zero-order valence-corrected chi connectivity index (χ0v) is 9.91. The fourth-order valence-corrected chi connectivity index (χ4v) is 1.50. The molecule has 0 aliphatic carbocycles. The maximum absolute atomic E-state index is 11.5. The molecule has 0 aliphatic rings. The predicted octanol–water partition coefficient (Wildman–Crippen LogP) is 0.640. The summed E-state index contributed by atoms with van der Waals surface area (Å²) >= 11 is 0. The fourth-order valence-electron chi connectivity index (χ4n) is 1.05. The molecular formula is C10H14N2O3S. The van der Waals surface area contributed by atoms with Gasteiger partial charge >= 0.3 is 0 Å². The highest BCUT2D eigenvalue weighted by molar-refractivity contribution is 7.92. The van der Waals surface area contributed by atoms with Crippen LogP contribution in [0.25, 0.3) is 0 Å². The first-order chi connectivity index (χ1) is 7.30. The van der Waals surface area contributed by atoms with Crippen LogP contribution in [-0.2, 0) is 14.6 Å². The van der Waals surface area contributed by atoms with Crippen molar-refractivity contribution < 1.29 is 13.2 Å². The summed E-state index contributed by atoms with van der Waals surface area (Å²) in [7, 11) is -3.38. The second kappa shape index (κ2) is 4.52. The van der Waals surface area contributed by atoms with Crippen LogP contribution in [0.1, 0.15) is 6.92 Å². The zero-order valence-electron chi connectivity index (χ0n) is 9.10. The fraction of sp³-hybridized carbons (Fsp3) is 0.300. The molecule has 16 heavy (non-hydrogen) atoms. The van der Waals surface area contributed by atoms with Gasteiger partial charge in [-0.1, -0.05) is 6.07 Å². The Kier molecular flexibility index (Phi) is 3.54. The highest BCUT2D eigenvalue weighted by Crippen LogP contribution is 2.13. The van der Waals surface area contributed by atoms with Gasteiger partial charge in [-0.25, -0.2) is 8.42 Å². The first-order valence-electron chi connectivity index (χ1n) is 4.66. The molecule has 1 atom stereocenters. The van der Waals surface area contributed by atoms with Gasteiger partial charge < -0.3 is 11.1 Å². The average Bonchev–Trinajstić information content (AvgIpc) is 2.15. The van der Waals surface area contributed by atoms with Gasteiger partial charge in [-0.05, 0) is 25.1 Å². The molecule has 0 aromatic heterocycles. The molecule has 0 aliphatic heterocycles. The molecule has 0 saturated heterocycles. The van der Waals surface area contributed by atoms with Gasteiger partial charge in [-0.2, -0.15) is 0 Å². The molecule has 1 amide bonds. The number of hydrogen-bond donors (Lipinski definition) is 2. The second-order valence-electron chi connectivity index (χ2n) is 3.59. The first-order valence-corrected chi connectivity index (χ1v) is 6.61. The predicted molar refractivity (Wildman–Crippen MR) is 63.8 cm³/mol. The summed E-state index contributed by atoms with van der Waals surface area (Å²) in [4.78, 5) is 11.5. The van der Waals surface area contributed by atoms with Crippen molar-refractivity contribution in [2.24, 2.45) is 0 Å². The van der Waals surface area contributed by atoms with E-state index < -0.39 is 21.0 Å². The van der Waals surface area contributed by atoms with Crippen LogP contribution in [0.2, 0.25) is 0 Å². The number of benzene rings is 1. The minimum absolute atomic E-state index is 0.487. The van der Waals surface area contributed by atoms with Crippen molar-refractivity contribution in [2.45, 2.75) is 12.2 Å². The Labute approximate surface area is 94.6 Å². The lowest BCUT2D eigenvalue weighted by Crippen LogP contribution is -2.31. The lowest BCUT2D eigenvalue weighted by atomic mass is 10.3. The lowest BCUT2D eigenvalue weighted by Gasteiger charge is -2.10. The molecule has 88 valence electrons. The molecular weight excluding hydrogens is 228 g/mol. The van der Waals surface area contributed by atoms with E-state index in [-0.39, 0.29) is 0 Å². The largest absolute Gasteiger partial charge is 0.399 e. The van der Waals surface area contributed by atoms with Crippen molar-refractivity contribution in [1.29, 1.82) is 0 Å². The molecule has 1 rings (SSSR count). The average molecular weight is 242 g/mol. The van der Waals surface area contributed by atoms with E-state index in [1.807, 2.05) is 0 Å². The van der Waals surface area contributed by atoms with E-state index in [1.54, 1.807) is 24.3 Å². The Morgan fingerprint density at radius 2 is 2.06 bits per heavy atom. The third-order valence-electron chi connectivity index (χ3n) is 2.17. The van der Waals surface area contributed by atoms with Crippen LogP contribution >= 0.6 is 0 Å². The van der Waals surface area contributed by atoms with E-state index >= 15 is 0 Å². The molecule has 0 fully saturated rings. The van der Waals surface area contributed by atoms with Crippen LogP contribution in [0.4, 0.5) is 11.4 Å². The van der Waals surface area contributed by atoms with E-state index in [9.17, 15) is 13.2 Å². The summed E-state index contributed by atoms with van der Waals surface area (Å²) < 4.78 is 22.3. The Morgan fingerprint density at radius 1 is 1.44 bits per heavy atom. The van der Waals surface area contributed by atoms with Gasteiger partial charge in [0.05, 0.1) is 0 Å².